The Hall–Kier alpha value is -0.890. The smallest absolute Gasteiger partial charge is 0.0326 e. The zero-order chi connectivity index (χ0) is 14.5. The minimum Gasteiger partial charge on any atom is -0.374 e. The van der Waals surface area contributed by atoms with E-state index in [-0.39, 0.29) is 0 Å². The Morgan fingerprint density at radius 2 is 2.15 bits per heavy atom. The fourth-order valence-corrected chi connectivity index (χ4v) is 3.47. The summed E-state index contributed by atoms with van der Waals surface area (Å²) in [7, 11) is 0. The van der Waals surface area contributed by atoms with Gasteiger partial charge in [0.2, 0.25) is 0 Å². The van der Waals surface area contributed by atoms with Crippen LogP contribution >= 0.6 is 11.8 Å². The summed E-state index contributed by atoms with van der Waals surface area (Å²) in [5.74, 6) is 1.88. The van der Waals surface area contributed by atoms with Crippen molar-refractivity contribution >= 4 is 11.8 Å². The first-order valence-electron chi connectivity index (χ1n) is 7.64. The molecule has 20 heavy (non-hydrogen) atoms. The van der Waals surface area contributed by atoms with E-state index >= 15 is 0 Å². The highest BCUT2D eigenvalue weighted by atomic mass is 32.2. The average Bonchev–Trinajstić information content (AvgIpc) is 2.36. The van der Waals surface area contributed by atoms with Gasteiger partial charge in [0.05, 0.1) is 0 Å². The molecule has 0 N–H and O–H groups in total. The summed E-state index contributed by atoms with van der Waals surface area (Å²) in [6.45, 7) is 11.0. The Labute approximate surface area is 128 Å². The summed E-state index contributed by atoms with van der Waals surface area (Å²) in [6, 6.07) is 7.04. The molecular formula is C18H27NS. The van der Waals surface area contributed by atoms with E-state index in [9.17, 15) is 0 Å². The molecule has 1 aromatic carbocycles. The van der Waals surface area contributed by atoms with Crippen LogP contribution in [0.25, 0.3) is 0 Å². The van der Waals surface area contributed by atoms with Crippen molar-refractivity contribution in [2.75, 3.05) is 25.1 Å². The molecule has 0 aromatic heterocycles. The zero-order valence-electron chi connectivity index (χ0n) is 13.1. The van der Waals surface area contributed by atoms with Crippen molar-refractivity contribution in [1.82, 2.24) is 4.90 Å². The number of likely N-dealkylation sites (tertiary alicyclic amines) is 1. The van der Waals surface area contributed by atoms with Crippen molar-refractivity contribution in [3.8, 4) is 0 Å². The largest absolute Gasteiger partial charge is 0.374 e. The van der Waals surface area contributed by atoms with E-state index < -0.39 is 0 Å². The first-order chi connectivity index (χ1) is 9.63. The third-order valence-electron chi connectivity index (χ3n) is 4.17. The van der Waals surface area contributed by atoms with Crippen LogP contribution in [0.5, 0.6) is 0 Å². The van der Waals surface area contributed by atoms with Gasteiger partial charge >= 0.3 is 0 Å². The normalized spacial score (nSPS) is 15.2. The maximum absolute atomic E-state index is 4.16. The summed E-state index contributed by atoms with van der Waals surface area (Å²) in [5, 5.41) is 0. The molecule has 1 aromatic rings. The predicted octanol–water partition coefficient (Wildman–Crippen LogP) is 4.30. The molecule has 1 aliphatic heterocycles. The van der Waals surface area contributed by atoms with Crippen LogP contribution in [0.4, 0.5) is 0 Å². The van der Waals surface area contributed by atoms with Crippen molar-refractivity contribution in [3.63, 3.8) is 0 Å². The van der Waals surface area contributed by atoms with Crippen LogP contribution in [0.3, 0.4) is 0 Å². The molecule has 1 saturated heterocycles. The molecule has 0 bridgehead atoms. The molecule has 0 spiro atoms. The van der Waals surface area contributed by atoms with Crippen molar-refractivity contribution in [3.05, 3.63) is 47.2 Å². The monoisotopic (exact) mass is 289 g/mol. The van der Waals surface area contributed by atoms with Gasteiger partial charge in [0.1, 0.15) is 0 Å². The van der Waals surface area contributed by atoms with Gasteiger partial charge in [0, 0.05) is 24.5 Å². The van der Waals surface area contributed by atoms with E-state index in [0.717, 1.165) is 11.7 Å². The highest BCUT2D eigenvalue weighted by Gasteiger charge is 2.27. The molecule has 1 aliphatic rings. The van der Waals surface area contributed by atoms with Gasteiger partial charge in [-0.15, -0.1) is 0 Å². The van der Waals surface area contributed by atoms with Gasteiger partial charge in [-0.05, 0) is 48.6 Å². The Morgan fingerprint density at radius 3 is 2.75 bits per heavy atom. The molecule has 0 aliphatic carbocycles. The third kappa shape index (κ3) is 3.82. The fraction of sp³-hybridized carbons (Fsp3) is 0.556. The van der Waals surface area contributed by atoms with E-state index in [2.05, 4.69) is 49.8 Å². The van der Waals surface area contributed by atoms with Crippen LogP contribution in [-0.4, -0.2) is 30.0 Å². The molecule has 1 nitrogen and oxygen atoms in total. The van der Waals surface area contributed by atoms with Crippen molar-refractivity contribution in [2.45, 2.75) is 33.1 Å². The molecule has 0 saturated carbocycles. The number of thioether (sulfide) groups is 1. The van der Waals surface area contributed by atoms with E-state index in [1.807, 2.05) is 11.8 Å². The lowest BCUT2D eigenvalue weighted by Gasteiger charge is -2.42. The van der Waals surface area contributed by atoms with E-state index in [0.29, 0.717) is 0 Å². The predicted molar refractivity (Wildman–Crippen MR) is 91.5 cm³/mol. The number of aryl methyl sites for hydroxylation is 2. The van der Waals surface area contributed by atoms with Crippen LogP contribution in [0.15, 0.2) is 30.5 Å². The van der Waals surface area contributed by atoms with Gasteiger partial charge in [-0.3, -0.25) is 0 Å². The van der Waals surface area contributed by atoms with Gasteiger partial charge < -0.3 is 4.90 Å². The van der Waals surface area contributed by atoms with Crippen LogP contribution in [0, 0.1) is 12.8 Å². The van der Waals surface area contributed by atoms with E-state index in [1.165, 1.54) is 54.7 Å². The number of hydrogen-bond donors (Lipinski definition) is 0. The third-order valence-corrected chi connectivity index (χ3v) is 4.79. The summed E-state index contributed by atoms with van der Waals surface area (Å²) in [6.07, 6.45) is 5.80. The molecule has 2 heteroatoms. The summed E-state index contributed by atoms with van der Waals surface area (Å²) >= 11 is 1.86. The quantitative estimate of drug-likeness (QED) is 0.736. The molecule has 0 amide bonds. The molecule has 1 heterocycles. The SMILES string of the molecule is C=C(CSC)N1CC(Cc2ccc(CCC)cc2C)C1. The molecular weight excluding hydrogens is 262 g/mol. The Kier molecular flexibility index (Phi) is 5.59. The maximum Gasteiger partial charge on any atom is 0.0326 e. The van der Waals surface area contributed by atoms with Gasteiger partial charge in [-0.25, -0.2) is 0 Å². The van der Waals surface area contributed by atoms with Crippen LogP contribution < -0.4 is 0 Å². The van der Waals surface area contributed by atoms with Gasteiger partial charge in [-0.2, -0.15) is 11.8 Å². The summed E-state index contributed by atoms with van der Waals surface area (Å²) in [4.78, 5) is 2.43. The molecule has 0 radical (unpaired) electrons. The molecule has 0 atom stereocenters. The number of rotatable bonds is 7. The van der Waals surface area contributed by atoms with Crippen molar-refractivity contribution < 1.29 is 0 Å². The summed E-state index contributed by atoms with van der Waals surface area (Å²) in [5.41, 5.74) is 5.78. The lowest BCUT2D eigenvalue weighted by Crippen LogP contribution is -2.47. The Bertz CT molecular complexity index is 460. The Balaban J connectivity index is 1.85. The standard InChI is InChI=1S/C18H27NS/c1-5-6-16-7-8-18(14(2)9-16)10-17-11-19(12-17)15(3)13-20-4/h7-9,17H,3,5-6,10-13H2,1-2,4H3. The lowest BCUT2D eigenvalue weighted by atomic mass is 9.89. The minimum absolute atomic E-state index is 0.810. The molecule has 110 valence electrons. The van der Waals surface area contributed by atoms with Crippen LogP contribution in [-0.2, 0) is 12.8 Å². The zero-order valence-corrected chi connectivity index (χ0v) is 13.9. The first-order valence-corrected chi connectivity index (χ1v) is 9.03. The van der Waals surface area contributed by atoms with E-state index in [4.69, 9.17) is 0 Å². The number of nitrogens with zero attached hydrogens (tertiary/aromatic N) is 1. The van der Waals surface area contributed by atoms with Crippen LogP contribution in [0.2, 0.25) is 0 Å². The highest BCUT2D eigenvalue weighted by molar-refractivity contribution is 7.98. The van der Waals surface area contributed by atoms with Gasteiger partial charge in [-0.1, -0.05) is 38.1 Å². The second-order valence-corrected chi connectivity index (χ2v) is 6.85. The van der Waals surface area contributed by atoms with E-state index in [1.54, 1.807) is 0 Å². The molecule has 1 fully saturated rings. The second-order valence-electron chi connectivity index (χ2n) is 5.99. The van der Waals surface area contributed by atoms with Crippen molar-refractivity contribution in [1.29, 1.82) is 0 Å². The first kappa shape index (κ1) is 15.5. The highest BCUT2D eigenvalue weighted by Crippen LogP contribution is 2.26. The van der Waals surface area contributed by atoms with Gasteiger partial charge in [0.25, 0.3) is 0 Å². The fourth-order valence-electron chi connectivity index (χ4n) is 2.96. The molecule has 0 unspecified atom stereocenters. The van der Waals surface area contributed by atoms with Gasteiger partial charge in [0.15, 0.2) is 0 Å². The van der Waals surface area contributed by atoms with Crippen molar-refractivity contribution in [2.24, 2.45) is 5.92 Å². The second kappa shape index (κ2) is 7.21. The van der Waals surface area contributed by atoms with Crippen LogP contribution in [0.1, 0.15) is 30.0 Å². The number of benzene rings is 1. The maximum atomic E-state index is 4.16. The minimum atomic E-state index is 0.810. The number of hydrogen-bond acceptors (Lipinski definition) is 2. The summed E-state index contributed by atoms with van der Waals surface area (Å²) < 4.78 is 0. The average molecular weight is 289 g/mol. The topological polar surface area (TPSA) is 3.24 Å². The Morgan fingerprint density at radius 1 is 1.40 bits per heavy atom. The molecule has 2 rings (SSSR count). The lowest BCUT2D eigenvalue weighted by molar-refractivity contribution is 0.145.